The highest BCUT2D eigenvalue weighted by Gasteiger charge is 2.39. The number of nitrogens with two attached hydrogens (primary N) is 1. The number of aryl methyl sites for hydroxylation is 1. The number of hydrogen-bond donors (Lipinski definition) is 9. The van der Waals surface area contributed by atoms with E-state index in [1.807, 2.05) is 6.92 Å². The van der Waals surface area contributed by atoms with Gasteiger partial charge in [0.2, 0.25) is 41.2 Å². The zero-order valence-electron chi connectivity index (χ0n) is 38.0. The van der Waals surface area contributed by atoms with Crippen molar-refractivity contribution < 1.29 is 62.7 Å². The normalized spacial score (nSPS) is 14.6. The molecule has 0 aromatic heterocycles. The number of carboxylic acid groups (broad SMARTS) is 2. The molecule has 1 aromatic rings. The van der Waals surface area contributed by atoms with Crippen LogP contribution >= 0.6 is 0 Å². The quantitative estimate of drug-likeness (QED) is 0.0386. The first kappa shape index (κ1) is 56.4. The van der Waals surface area contributed by atoms with Crippen molar-refractivity contribution in [2.45, 2.75) is 149 Å². The van der Waals surface area contributed by atoms with Crippen LogP contribution in [-0.4, -0.2) is 122 Å². The Labute approximate surface area is 377 Å². The van der Waals surface area contributed by atoms with Gasteiger partial charge in [0, 0.05) is 25.7 Å². The highest BCUT2D eigenvalue weighted by atomic mass is 32.2. The minimum absolute atomic E-state index is 0.0676. The summed E-state index contributed by atoms with van der Waals surface area (Å²) in [5.74, 6) is -10.2. The van der Waals surface area contributed by atoms with Gasteiger partial charge in [-0.05, 0) is 48.6 Å². The third kappa shape index (κ3) is 21.2. The average Bonchev–Trinajstić information content (AvgIpc) is 3.19. The Balaban J connectivity index is 3.60. The smallest absolute Gasteiger partial charge is 0.303 e. The van der Waals surface area contributed by atoms with Gasteiger partial charge < -0.3 is 52.4 Å². The monoisotopic (exact) mass is 921 g/mol. The van der Waals surface area contributed by atoms with Crippen LogP contribution in [0.3, 0.4) is 0 Å². The van der Waals surface area contributed by atoms with Gasteiger partial charge in [-0.2, -0.15) is 0 Å². The highest BCUT2D eigenvalue weighted by Crippen LogP contribution is 2.21. The summed E-state index contributed by atoms with van der Waals surface area (Å²) in [7, 11) is 0. The van der Waals surface area contributed by atoms with Crippen LogP contribution in [0.2, 0.25) is 0 Å². The molecule has 0 radical (unpaired) electrons. The number of unbranched alkanes of at least 4 members (excludes halogenated alkanes) is 1. The molecule has 0 spiro atoms. The number of amides is 7. The first-order valence-electron chi connectivity index (χ1n) is 21.2. The fourth-order valence-corrected chi connectivity index (χ4v) is 6.95. The Bertz CT molecular complexity index is 1820. The molecule has 21 heteroatoms. The molecule has 7 amide bonds. The first-order chi connectivity index (χ1) is 29.8. The second kappa shape index (κ2) is 27.6. The Morgan fingerprint density at radius 2 is 1.20 bits per heavy atom. The van der Waals surface area contributed by atoms with E-state index in [0.717, 1.165) is 5.56 Å². The zero-order valence-corrected chi connectivity index (χ0v) is 38.8. The van der Waals surface area contributed by atoms with Gasteiger partial charge in [-0.1, -0.05) is 89.8 Å². The largest absolute Gasteiger partial charge is 0.617 e. The fourth-order valence-electron chi connectivity index (χ4n) is 6.39. The maximum atomic E-state index is 14.4. The number of carboxylic acids is 2. The second-order valence-electron chi connectivity index (χ2n) is 17.2. The van der Waals surface area contributed by atoms with Gasteiger partial charge in [0.1, 0.15) is 36.0 Å². The lowest BCUT2D eigenvalue weighted by atomic mass is 9.85. The maximum Gasteiger partial charge on any atom is 0.303 e. The van der Waals surface area contributed by atoms with Gasteiger partial charge >= 0.3 is 11.9 Å². The molecule has 2 unspecified atom stereocenters. The predicted molar refractivity (Wildman–Crippen MR) is 236 cm³/mol. The van der Waals surface area contributed by atoms with Crippen LogP contribution in [0.4, 0.5) is 0 Å². The van der Waals surface area contributed by atoms with Crippen molar-refractivity contribution in [3.05, 3.63) is 35.4 Å². The Morgan fingerprint density at radius 3 is 1.72 bits per heavy atom. The molecule has 0 aliphatic carbocycles. The average molecular weight is 922 g/mol. The molecule has 64 heavy (non-hydrogen) atoms. The summed E-state index contributed by atoms with van der Waals surface area (Å²) in [6, 6.07) is -1.28. The maximum absolute atomic E-state index is 14.4. The summed E-state index contributed by atoms with van der Waals surface area (Å²) in [6.07, 6.45) is 0.314. The molecule has 0 saturated carbocycles. The molecule has 358 valence electrons. The summed E-state index contributed by atoms with van der Waals surface area (Å²) in [4.78, 5) is 129. The molecule has 0 aliphatic rings. The minimum Gasteiger partial charge on any atom is -0.617 e. The molecular weight excluding hydrogens is 855 g/mol. The molecule has 7 atom stereocenters. The highest BCUT2D eigenvalue weighted by molar-refractivity contribution is 7.90. The number of ketones is 1. The van der Waals surface area contributed by atoms with Crippen LogP contribution < -0.4 is 37.6 Å². The van der Waals surface area contributed by atoms with Crippen LogP contribution in [0.25, 0.3) is 0 Å². The van der Waals surface area contributed by atoms with Crippen molar-refractivity contribution in [2.75, 3.05) is 12.0 Å². The SMILES string of the molecule is CCCCC(NC(=O)[C@H](CC(C)C)NC(=O)[C@@H](NC(=O)[C@H](Cc1ccccc1C)NC(=O)[C@H](CCC(=O)O)NC(=O)[C@H](CC[S+](C)[O-])NC(=O)CCC(=O)O)C(C)(C)C)C(=O)C(N)=O. The summed E-state index contributed by atoms with van der Waals surface area (Å²) in [5, 5.41) is 33.8. The number of Topliss-reactive ketones (excluding diaryl/α,β-unsaturated/α-hetero) is 1. The van der Waals surface area contributed by atoms with Gasteiger partial charge in [0.05, 0.1) is 18.7 Å². The summed E-state index contributed by atoms with van der Waals surface area (Å²) in [6.45, 7) is 12.2. The van der Waals surface area contributed by atoms with Crippen molar-refractivity contribution in [1.82, 2.24) is 31.9 Å². The number of hydrogen-bond acceptors (Lipinski definition) is 11. The molecule has 0 aliphatic heterocycles. The van der Waals surface area contributed by atoms with Crippen molar-refractivity contribution in [2.24, 2.45) is 17.1 Å². The number of primary amides is 1. The van der Waals surface area contributed by atoms with Gasteiger partial charge in [-0.3, -0.25) is 47.9 Å². The van der Waals surface area contributed by atoms with Crippen LogP contribution in [0.5, 0.6) is 0 Å². The number of benzene rings is 1. The van der Waals surface area contributed by atoms with Crippen molar-refractivity contribution >= 4 is 70.2 Å². The lowest BCUT2D eigenvalue weighted by Crippen LogP contribution is -2.62. The topological polar surface area (TPSA) is 332 Å². The molecule has 20 nitrogen and oxygen atoms in total. The standard InChI is InChI=1S/C43H67N7O13S/c1-9-10-15-27(35(56)37(44)57)46-40(60)30(22-24(2)3)49-42(62)36(43(5,6)7)50-41(61)31(23-26-14-12-11-13-25(26)4)48-38(58)28(16-18-33(52)53)47-39(59)29(20-21-64(8)63)45-32(51)17-19-34(54)55/h11-14,24,27-31,36H,9-10,15-23H2,1-8H3,(H2,44,57)(H,45,51)(H,46,60)(H,47,59)(H,48,58)(H,49,62)(H,50,61)(H,52,53)(H,54,55)/t27?,28-,29-,30-,31-,36+,64?/m0/s1. The second-order valence-corrected chi connectivity index (χ2v) is 18.8. The first-order valence-corrected chi connectivity index (χ1v) is 22.9. The number of aliphatic carboxylic acids is 2. The molecule has 0 bridgehead atoms. The van der Waals surface area contributed by atoms with Gasteiger partial charge in [-0.25, -0.2) is 0 Å². The van der Waals surface area contributed by atoms with E-state index in [2.05, 4.69) is 31.9 Å². The Hall–Kier alpha value is -5.57. The predicted octanol–water partition coefficient (Wildman–Crippen LogP) is 0.281. The van der Waals surface area contributed by atoms with Crippen LogP contribution in [-0.2, 0) is 65.5 Å². The van der Waals surface area contributed by atoms with Crippen LogP contribution in [0, 0.1) is 18.3 Å². The number of carbonyl (C=O) groups is 10. The number of rotatable bonds is 29. The number of nitrogens with one attached hydrogen (secondary N) is 6. The molecule has 1 rings (SSSR count). The molecule has 1 aromatic carbocycles. The van der Waals surface area contributed by atoms with E-state index in [-0.39, 0.29) is 37.4 Å². The number of carbonyl (C=O) groups excluding carboxylic acids is 8. The van der Waals surface area contributed by atoms with Crippen molar-refractivity contribution in [3.8, 4) is 0 Å². The fraction of sp³-hybridized carbons (Fsp3) is 0.628. The third-order valence-corrected chi connectivity index (χ3v) is 10.8. The van der Waals surface area contributed by atoms with E-state index in [9.17, 15) is 57.6 Å². The summed E-state index contributed by atoms with van der Waals surface area (Å²) < 4.78 is 11.9. The lowest BCUT2D eigenvalue weighted by molar-refractivity contribution is -0.140. The van der Waals surface area contributed by atoms with E-state index >= 15 is 0 Å². The van der Waals surface area contributed by atoms with Crippen molar-refractivity contribution in [3.63, 3.8) is 0 Å². The molecule has 10 N–H and O–H groups in total. The van der Waals surface area contributed by atoms with E-state index in [4.69, 9.17) is 10.8 Å². The third-order valence-electron chi connectivity index (χ3n) is 9.99. The Kier molecular flexibility index (Phi) is 24.3. The summed E-state index contributed by atoms with van der Waals surface area (Å²) in [5.41, 5.74) is 5.56. The lowest BCUT2D eigenvalue weighted by Gasteiger charge is -2.34. The summed E-state index contributed by atoms with van der Waals surface area (Å²) >= 11 is -1.43. The van der Waals surface area contributed by atoms with E-state index in [0.29, 0.717) is 18.4 Å². The van der Waals surface area contributed by atoms with Gasteiger partial charge in [0.15, 0.2) is 0 Å². The molecule has 0 fully saturated rings. The molecule has 0 heterocycles. The molecular formula is C43H67N7O13S. The van der Waals surface area contributed by atoms with Gasteiger partial charge in [0.25, 0.3) is 5.91 Å². The minimum atomic E-state index is -1.60. The zero-order chi connectivity index (χ0) is 48.9. The van der Waals surface area contributed by atoms with Crippen LogP contribution in [0.1, 0.15) is 110 Å². The van der Waals surface area contributed by atoms with Crippen molar-refractivity contribution in [1.29, 1.82) is 0 Å². The van der Waals surface area contributed by atoms with Gasteiger partial charge in [-0.15, -0.1) is 0 Å². The van der Waals surface area contributed by atoms with E-state index in [1.54, 1.807) is 65.8 Å². The van der Waals surface area contributed by atoms with Crippen LogP contribution in [0.15, 0.2) is 24.3 Å². The molecule has 0 saturated heterocycles. The van der Waals surface area contributed by atoms with E-state index in [1.165, 1.54) is 6.26 Å². The Morgan fingerprint density at radius 1 is 0.688 bits per heavy atom. The van der Waals surface area contributed by atoms with E-state index < -0.39 is 138 Å².